The van der Waals surface area contributed by atoms with Crippen molar-refractivity contribution in [2.24, 2.45) is 0 Å². The van der Waals surface area contributed by atoms with Crippen LogP contribution in [-0.4, -0.2) is 17.2 Å². The number of pyridine rings is 1. The lowest BCUT2D eigenvalue weighted by Gasteiger charge is -2.23. The molecule has 1 N–H and O–H groups in total. The molecule has 0 spiro atoms. The largest absolute Gasteiger partial charge is 0.386 e. The molecule has 0 unspecified atom stereocenters. The fourth-order valence-electron chi connectivity index (χ4n) is 4.23. The second-order valence-electron chi connectivity index (χ2n) is 9.22. The van der Waals surface area contributed by atoms with Crippen molar-refractivity contribution in [3.05, 3.63) is 112 Å². The van der Waals surface area contributed by atoms with Crippen LogP contribution < -0.4 is 0 Å². The molecule has 0 saturated carbocycles. The quantitative estimate of drug-likeness (QED) is 0.0905. The normalized spacial score (nSPS) is 12.9. The molecule has 7 heteroatoms. The Morgan fingerprint density at radius 1 is 1.00 bits per heavy atom. The van der Waals surface area contributed by atoms with Crippen LogP contribution in [0.3, 0.4) is 0 Å². The second-order valence-corrected chi connectivity index (χ2v) is 10.1. The number of aromatic nitrogens is 1. The molecule has 3 aromatic carbocycles. The zero-order valence-electron chi connectivity index (χ0n) is 21.1. The van der Waals surface area contributed by atoms with Gasteiger partial charge in [0, 0.05) is 10.4 Å². The number of hydrogen-bond donors (Lipinski definition) is 1. The van der Waals surface area contributed by atoms with E-state index >= 15 is 0 Å². The minimum absolute atomic E-state index is 0.260. The first-order valence-electron chi connectivity index (χ1n) is 12.0. The van der Waals surface area contributed by atoms with Gasteiger partial charge in [-0.15, -0.1) is 4.33 Å². The van der Waals surface area contributed by atoms with Gasteiger partial charge in [-0.05, 0) is 79.3 Å². The Morgan fingerprint density at radius 2 is 1.81 bits per heavy atom. The van der Waals surface area contributed by atoms with Crippen LogP contribution in [0.1, 0.15) is 54.3 Å². The van der Waals surface area contributed by atoms with E-state index in [0.29, 0.717) is 11.4 Å². The van der Waals surface area contributed by atoms with Crippen molar-refractivity contribution in [3.63, 3.8) is 0 Å². The van der Waals surface area contributed by atoms with E-state index < -0.39 is 5.60 Å². The minimum atomic E-state index is -0.923. The summed E-state index contributed by atoms with van der Waals surface area (Å²) in [7, 11) is 1.44. The zero-order chi connectivity index (χ0) is 26.3. The zero-order valence-corrected chi connectivity index (χ0v) is 22.6. The van der Waals surface area contributed by atoms with Crippen LogP contribution in [0.2, 0.25) is 5.02 Å². The molecule has 192 valence electrons. The van der Waals surface area contributed by atoms with Gasteiger partial charge in [-0.1, -0.05) is 72.3 Å². The first kappa shape index (κ1) is 27.3. The molecule has 0 amide bonds. The smallest absolute Gasteiger partial charge is 0.195 e. The van der Waals surface area contributed by atoms with Gasteiger partial charge in [0.05, 0.1) is 23.9 Å². The number of aryl methyl sites for hydroxylation is 1. The summed E-state index contributed by atoms with van der Waals surface area (Å²) in [6, 6.07) is 25.8. The summed E-state index contributed by atoms with van der Waals surface area (Å²) in [5.74, 6) is 0. The van der Waals surface area contributed by atoms with Crippen molar-refractivity contribution < 1.29 is 18.5 Å². The SMILES string of the molecule is COOSO[C@@H](CCc1ccccc1C(C)(C)O)c1cccc(/C=C/c2ccc3ccc(Cl)cc3n2)c1. The van der Waals surface area contributed by atoms with Gasteiger partial charge >= 0.3 is 0 Å². The third-order valence-corrected chi connectivity index (χ3v) is 6.75. The highest BCUT2D eigenvalue weighted by atomic mass is 35.5. The van der Waals surface area contributed by atoms with E-state index in [1.54, 1.807) is 13.8 Å². The standard InChI is InChI=1S/C30H30ClNO4S/c1-30(2,33)27-10-5-4-8-22(27)14-18-29(35-37-36-34-3)24-9-6-7-21(19-24)11-16-26-17-13-23-12-15-25(31)20-28(23)32-26/h4-13,15-17,19-20,29,33H,14,18H2,1-3H3/b16-11+/t29-/m0/s1. The molecule has 0 aliphatic rings. The lowest BCUT2D eigenvalue weighted by molar-refractivity contribution is -0.168. The number of aliphatic hydroxyl groups is 1. The Labute approximate surface area is 227 Å². The third-order valence-electron chi connectivity index (χ3n) is 6.01. The van der Waals surface area contributed by atoms with Crippen LogP contribution in [0.15, 0.2) is 78.9 Å². The van der Waals surface area contributed by atoms with Gasteiger partial charge in [-0.3, -0.25) is 4.18 Å². The molecule has 5 nitrogen and oxygen atoms in total. The van der Waals surface area contributed by atoms with Crippen LogP contribution >= 0.6 is 23.9 Å². The number of hydrogen-bond acceptors (Lipinski definition) is 6. The lowest BCUT2D eigenvalue weighted by atomic mass is 9.90. The van der Waals surface area contributed by atoms with Gasteiger partial charge < -0.3 is 5.11 Å². The summed E-state index contributed by atoms with van der Waals surface area (Å²) in [4.78, 5) is 9.38. The summed E-state index contributed by atoms with van der Waals surface area (Å²) < 4.78 is 10.9. The number of halogens is 1. The summed E-state index contributed by atoms with van der Waals surface area (Å²) in [6.45, 7) is 3.60. The molecule has 1 atom stereocenters. The van der Waals surface area contributed by atoms with E-state index in [2.05, 4.69) is 11.0 Å². The van der Waals surface area contributed by atoms with Crippen LogP contribution in [-0.2, 0) is 25.4 Å². The second kappa shape index (κ2) is 12.7. The Hall–Kier alpha value is -2.71. The number of fused-ring (bicyclic) bond motifs is 1. The molecule has 0 fully saturated rings. The lowest BCUT2D eigenvalue weighted by Crippen LogP contribution is -2.18. The van der Waals surface area contributed by atoms with Gasteiger partial charge in [0.15, 0.2) is 12.3 Å². The Kier molecular flexibility index (Phi) is 9.38. The highest BCUT2D eigenvalue weighted by Crippen LogP contribution is 2.31. The predicted molar refractivity (Wildman–Crippen MR) is 152 cm³/mol. The van der Waals surface area contributed by atoms with Crippen LogP contribution in [0, 0.1) is 0 Å². The molecular formula is C30H30ClNO4S. The monoisotopic (exact) mass is 535 g/mol. The molecule has 37 heavy (non-hydrogen) atoms. The molecule has 4 aromatic rings. The van der Waals surface area contributed by atoms with Crippen molar-refractivity contribution in [3.8, 4) is 0 Å². The number of nitrogens with zero attached hydrogens (tertiary/aromatic N) is 1. The Morgan fingerprint density at radius 3 is 2.62 bits per heavy atom. The van der Waals surface area contributed by atoms with Crippen molar-refractivity contribution in [1.29, 1.82) is 0 Å². The first-order valence-corrected chi connectivity index (χ1v) is 13.1. The van der Waals surface area contributed by atoms with Gasteiger partial charge in [-0.25, -0.2) is 9.87 Å². The van der Waals surface area contributed by atoms with E-state index in [9.17, 15) is 5.11 Å². The topological polar surface area (TPSA) is 60.8 Å². The fraction of sp³-hybridized carbons (Fsp3) is 0.233. The minimum Gasteiger partial charge on any atom is -0.386 e. The summed E-state index contributed by atoms with van der Waals surface area (Å²) in [6.07, 6.45) is 5.17. The van der Waals surface area contributed by atoms with Gasteiger partial charge in [0.2, 0.25) is 0 Å². The molecule has 0 radical (unpaired) electrons. The average molecular weight is 536 g/mol. The maximum atomic E-state index is 10.6. The molecule has 4 rings (SSSR count). The van der Waals surface area contributed by atoms with Gasteiger partial charge in [0.25, 0.3) is 0 Å². The average Bonchev–Trinajstić information content (AvgIpc) is 2.89. The van der Waals surface area contributed by atoms with Crippen LogP contribution in [0.25, 0.3) is 23.1 Å². The van der Waals surface area contributed by atoms with Crippen molar-refractivity contribution in [1.82, 2.24) is 4.98 Å². The first-order chi connectivity index (χ1) is 17.8. The highest BCUT2D eigenvalue weighted by molar-refractivity contribution is 7.89. The molecular weight excluding hydrogens is 506 g/mol. The van der Waals surface area contributed by atoms with Crippen molar-refractivity contribution >= 4 is 47.0 Å². The van der Waals surface area contributed by atoms with Crippen molar-refractivity contribution in [2.45, 2.75) is 38.4 Å². The maximum absolute atomic E-state index is 10.6. The summed E-state index contributed by atoms with van der Waals surface area (Å²) in [5.41, 5.74) is 4.81. The van der Waals surface area contributed by atoms with Crippen LogP contribution in [0.5, 0.6) is 0 Å². The van der Waals surface area contributed by atoms with Crippen LogP contribution in [0.4, 0.5) is 0 Å². The van der Waals surface area contributed by atoms with E-state index in [4.69, 9.17) is 25.1 Å². The number of benzene rings is 3. The Balaban J connectivity index is 1.53. The Bertz CT molecular complexity index is 1370. The number of rotatable bonds is 11. The fourth-order valence-corrected chi connectivity index (χ4v) is 4.78. The molecule has 0 bridgehead atoms. The third kappa shape index (κ3) is 7.65. The predicted octanol–water partition coefficient (Wildman–Crippen LogP) is 8.12. The summed E-state index contributed by atoms with van der Waals surface area (Å²) in [5, 5.41) is 12.3. The maximum Gasteiger partial charge on any atom is 0.195 e. The molecule has 0 aliphatic carbocycles. The highest BCUT2D eigenvalue weighted by Gasteiger charge is 2.21. The molecule has 1 aromatic heterocycles. The van der Waals surface area contributed by atoms with E-state index in [1.807, 2.05) is 84.9 Å². The van der Waals surface area contributed by atoms with E-state index in [0.717, 1.165) is 57.6 Å². The molecule has 0 saturated heterocycles. The van der Waals surface area contributed by atoms with Gasteiger partial charge in [-0.2, -0.15) is 0 Å². The molecule has 1 heterocycles. The van der Waals surface area contributed by atoms with Gasteiger partial charge in [0.1, 0.15) is 6.10 Å². The summed E-state index contributed by atoms with van der Waals surface area (Å²) >= 11 is 6.94. The van der Waals surface area contributed by atoms with Crippen molar-refractivity contribution in [2.75, 3.05) is 7.11 Å². The van der Waals surface area contributed by atoms with E-state index in [1.165, 1.54) is 7.11 Å². The molecule has 0 aliphatic heterocycles. The van der Waals surface area contributed by atoms with E-state index in [-0.39, 0.29) is 6.10 Å².